The van der Waals surface area contributed by atoms with Crippen molar-refractivity contribution in [1.82, 2.24) is 0 Å². The summed E-state index contributed by atoms with van der Waals surface area (Å²) < 4.78 is 0.856. The van der Waals surface area contributed by atoms with Crippen LogP contribution in [0.25, 0.3) is 0 Å². The molecule has 0 amide bonds. The maximum atomic E-state index is 10.3. The van der Waals surface area contributed by atoms with E-state index < -0.39 is 5.97 Å². The van der Waals surface area contributed by atoms with Crippen LogP contribution in [0.15, 0.2) is 22.7 Å². The number of benzene rings is 1. The third-order valence-electron chi connectivity index (χ3n) is 1.45. The summed E-state index contributed by atoms with van der Waals surface area (Å²) in [6.45, 7) is 0. The molecule has 3 N–H and O–H groups in total. The van der Waals surface area contributed by atoms with Crippen molar-refractivity contribution in [3.8, 4) is 0 Å². The minimum Gasteiger partial charge on any atom is -0.481 e. The van der Waals surface area contributed by atoms with E-state index in [1.807, 2.05) is 0 Å². The summed E-state index contributed by atoms with van der Waals surface area (Å²) in [5.74, 6) is -0.871. The van der Waals surface area contributed by atoms with Gasteiger partial charge in [0.2, 0.25) is 0 Å². The zero-order chi connectivity index (χ0) is 9.14. The Balaban J connectivity index is 2.93. The van der Waals surface area contributed by atoms with Crippen LogP contribution in [0.4, 0.5) is 5.69 Å². The summed E-state index contributed by atoms with van der Waals surface area (Å²) in [4.78, 5) is 10.3. The van der Waals surface area contributed by atoms with Crippen LogP contribution < -0.4 is 5.73 Å². The van der Waals surface area contributed by atoms with E-state index in [1.54, 1.807) is 18.2 Å². The summed E-state index contributed by atoms with van der Waals surface area (Å²) in [6, 6.07) is 5.17. The highest BCUT2D eigenvalue weighted by molar-refractivity contribution is 9.10. The molecule has 0 spiro atoms. The molecule has 1 aromatic carbocycles. The molecule has 0 bridgehead atoms. The highest BCUT2D eigenvalue weighted by Gasteiger charge is 2.03. The lowest BCUT2D eigenvalue weighted by Gasteiger charge is -2.02. The molecule has 3 nitrogen and oxygen atoms in total. The zero-order valence-corrected chi connectivity index (χ0v) is 7.84. The Labute approximate surface area is 78.3 Å². The lowest BCUT2D eigenvalue weighted by molar-refractivity contribution is -0.136. The van der Waals surface area contributed by atoms with Crippen LogP contribution in [-0.4, -0.2) is 11.1 Å². The monoisotopic (exact) mass is 229 g/mol. The van der Waals surface area contributed by atoms with Crippen LogP contribution in [0, 0.1) is 0 Å². The van der Waals surface area contributed by atoms with Gasteiger partial charge in [0.05, 0.1) is 6.42 Å². The number of carboxylic acid groups (broad SMARTS) is 1. The van der Waals surface area contributed by atoms with Crippen LogP contribution in [-0.2, 0) is 11.2 Å². The molecular weight excluding hydrogens is 222 g/mol. The fraction of sp³-hybridized carbons (Fsp3) is 0.125. The Bertz CT molecular complexity index is 312. The van der Waals surface area contributed by atoms with Crippen LogP contribution >= 0.6 is 15.9 Å². The van der Waals surface area contributed by atoms with Gasteiger partial charge in [-0.25, -0.2) is 0 Å². The fourth-order valence-corrected chi connectivity index (χ4v) is 1.27. The molecule has 4 heteroatoms. The molecule has 0 fully saturated rings. The largest absolute Gasteiger partial charge is 0.481 e. The average molecular weight is 230 g/mol. The van der Waals surface area contributed by atoms with Crippen molar-refractivity contribution in [3.63, 3.8) is 0 Å². The highest BCUT2D eigenvalue weighted by Crippen LogP contribution is 2.18. The van der Waals surface area contributed by atoms with Gasteiger partial charge in [-0.3, -0.25) is 4.79 Å². The maximum absolute atomic E-state index is 10.3. The van der Waals surface area contributed by atoms with Crippen molar-refractivity contribution in [3.05, 3.63) is 28.2 Å². The van der Waals surface area contributed by atoms with Gasteiger partial charge in [-0.15, -0.1) is 0 Å². The van der Waals surface area contributed by atoms with E-state index in [-0.39, 0.29) is 6.42 Å². The summed E-state index contributed by atoms with van der Waals surface area (Å²) >= 11 is 3.24. The van der Waals surface area contributed by atoms with Gasteiger partial charge in [-0.2, -0.15) is 0 Å². The minimum atomic E-state index is -0.871. The van der Waals surface area contributed by atoms with Crippen LogP contribution in [0.5, 0.6) is 0 Å². The zero-order valence-electron chi connectivity index (χ0n) is 6.25. The number of hydrogen-bond acceptors (Lipinski definition) is 2. The van der Waals surface area contributed by atoms with Gasteiger partial charge >= 0.3 is 5.97 Å². The van der Waals surface area contributed by atoms with E-state index in [9.17, 15) is 4.79 Å². The lowest BCUT2D eigenvalue weighted by Crippen LogP contribution is -2.03. The summed E-state index contributed by atoms with van der Waals surface area (Å²) in [6.07, 6.45) is -0.0287. The van der Waals surface area contributed by atoms with Crippen molar-refractivity contribution in [2.24, 2.45) is 0 Å². The molecule has 0 saturated carbocycles. The molecule has 0 aliphatic rings. The highest BCUT2D eigenvalue weighted by atomic mass is 79.9. The molecule has 0 aliphatic carbocycles. The third-order valence-corrected chi connectivity index (χ3v) is 1.94. The van der Waals surface area contributed by atoms with E-state index in [0.717, 1.165) is 4.47 Å². The number of aliphatic carboxylic acids is 1. The van der Waals surface area contributed by atoms with E-state index in [2.05, 4.69) is 15.9 Å². The number of carboxylic acids is 1. The number of halogens is 1. The number of anilines is 1. The van der Waals surface area contributed by atoms with Gasteiger partial charge in [0.15, 0.2) is 0 Å². The van der Waals surface area contributed by atoms with Crippen molar-refractivity contribution >= 4 is 27.6 Å². The first-order valence-electron chi connectivity index (χ1n) is 3.35. The molecule has 0 radical (unpaired) electrons. The molecule has 64 valence electrons. The molecule has 0 saturated heterocycles. The smallest absolute Gasteiger partial charge is 0.307 e. The van der Waals surface area contributed by atoms with E-state index in [0.29, 0.717) is 11.3 Å². The molecule has 0 aromatic heterocycles. The molecule has 0 heterocycles. The van der Waals surface area contributed by atoms with Gasteiger partial charge in [-0.05, 0) is 17.7 Å². The Morgan fingerprint density at radius 3 is 2.75 bits per heavy atom. The van der Waals surface area contributed by atoms with Crippen molar-refractivity contribution < 1.29 is 9.90 Å². The molecule has 0 atom stereocenters. The van der Waals surface area contributed by atoms with E-state index >= 15 is 0 Å². The average Bonchev–Trinajstić information content (AvgIpc) is 1.94. The Morgan fingerprint density at radius 2 is 2.25 bits per heavy atom. The van der Waals surface area contributed by atoms with Gasteiger partial charge in [0, 0.05) is 10.2 Å². The van der Waals surface area contributed by atoms with Gasteiger partial charge in [-0.1, -0.05) is 22.0 Å². The second-order valence-electron chi connectivity index (χ2n) is 2.41. The van der Waals surface area contributed by atoms with Gasteiger partial charge in [0.25, 0.3) is 0 Å². The molecule has 0 aliphatic heterocycles. The maximum Gasteiger partial charge on any atom is 0.307 e. The summed E-state index contributed by atoms with van der Waals surface area (Å²) in [5.41, 5.74) is 6.73. The Morgan fingerprint density at radius 1 is 1.58 bits per heavy atom. The number of carbonyl (C=O) groups is 1. The van der Waals surface area contributed by atoms with Crippen molar-refractivity contribution in [2.45, 2.75) is 6.42 Å². The predicted molar refractivity (Wildman–Crippen MR) is 49.9 cm³/mol. The first-order valence-corrected chi connectivity index (χ1v) is 4.14. The van der Waals surface area contributed by atoms with Crippen LogP contribution in [0.2, 0.25) is 0 Å². The molecule has 1 rings (SSSR count). The number of nitrogen functional groups attached to an aromatic ring is 1. The van der Waals surface area contributed by atoms with Crippen LogP contribution in [0.1, 0.15) is 5.56 Å². The Kier molecular flexibility index (Phi) is 2.70. The predicted octanol–water partition coefficient (Wildman–Crippen LogP) is 1.66. The number of nitrogens with two attached hydrogens (primary N) is 1. The topological polar surface area (TPSA) is 63.3 Å². The quantitative estimate of drug-likeness (QED) is 0.759. The summed E-state index contributed by atoms with van der Waals surface area (Å²) in [7, 11) is 0. The minimum absolute atomic E-state index is 0.0287. The second kappa shape index (κ2) is 3.58. The van der Waals surface area contributed by atoms with E-state index in [1.165, 1.54) is 0 Å². The Hall–Kier alpha value is -1.03. The second-order valence-corrected chi connectivity index (χ2v) is 3.33. The first-order chi connectivity index (χ1) is 5.59. The fourth-order valence-electron chi connectivity index (χ4n) is 0.890. The third kappa shape index (κ3) is 2.23. The normalized spacial score (nSPS) is 9.75. The lowest BCUT2D eigenvalue weighted by atomic mass is 10.1. The van der Waals surface area contributed by atoms with E-state index in [4.69, 9.17) is 10.8 Å². The van der Waals surface area contributed by atoms with Crippen molar-refractivity contribution in [2.75, 3.05) is 5.73 Å². The SMILES string of the molecule is Nc1cc(Br)ccc1CC(=O)O. The van der Waals surface area contributed by atoms with Gasteiger partial charge < -0.3 is 10.8 Å². The summed E-state index contributed by atoms with van der Waals surface area (Å²) in [5, 5.41) is 8.49. The molecule has 1 aromatic rings. The molecule has 12 heavy (non-hydrogen) atoms. The number of hydrogen-bond donors (Lipinski definition) is 2. The molecular formula is C8H8BrNO2. The van der Waals surface area contributed by atoms with Gasteiger partial charge in [0.1, 0.15) is 0 Å². The number of rotatable bonds is 2. The van der Waals surface area contributed by atoms with Crippen molar-refractivity contribution in [1.29, 1.82) is 0 Å². The van der Waals surface area contributed by atoms with Crippen LogP contribution in [0.3, 0.4) is 0 Å². The molecule has 0 unspecified atom stereocenters. The standard InChI is InChI=1S/C8H8BrNO2/c9-6-2-1-5(3-8(11)12)7(10)4-6/h1-2,4H,3,10H2,(H,11,12). The first kappa shape index (κ1) is 9.06.